The van der Waals surface area contributed by atoms with Gasteiger partial charge in [-0.2, -0.15) is 0 Å². The second-order valence-electron chi connectivity index (χ2n) is 3.45. The molecular weight excluding hydrogens is 211 g/mol. The van der Waals surface area contributed by atoms with Crippen molar-refractivity contribution in [3.8, 4) is 0 Å². The average Bonchev–Trinajstić information content (AvgIpc) is 2.70. The van der Waals surface area contributed by atoms with Crippen LogP contribution in [0.1, 0.15) is 22.8 Å². The molecule has 0 spiro atoms. The van der Waals surface area contributed by atoms with Crippen LogP contribution in [0.15, 0.2) is 18.2 Å². The normalized spacial score (nSPS) is 15.6. The first kappa shape index (κ1) is 9.53. The standard InChI is InChI=1S/C11H12P.Ti/c1-8-7-12-11(9(8)2)10-5-3-4-6-10;/h3-5,12H,6H2,1-2H3;. The quantitative estimate of drug-likeness (QED) is 0.642. The van der Waals surface area contributed by atoms with E-state index in [2.05, 4.69) is 52.5 Å². The number of hydrogen-bond donors (Lipinski definition) is 0. The zero-order valence-electron chi connectivity index (χ0n) is 7.94. The number of allylic oxidation sites excluding steroid dienone is 4. The van der Waals surface area contributed by atoms with Gasteiger partial charge in [0.15, 0.2) is 0 Å². The third kappa shape index (κ3) is 1.64. The van der Waals surface area contributed by atoms with Crippen LogP contribution >= 0.6 is 8.19 Å². The van der Waals surface area contributed by atoms with Crippen molar-refractivity contribution in [2.24, 2.45) is 0 Å². The molecule has 1 aromatic rings. The van der Waals surface area contributed by atoms with Gasteiger partial charge in [0.2, 0.25) is 0 Å². The van der Waals surface area contributed by atoms with Gasteiger partial charge in [0.1, 0.15) is 0 Å². The van der Waals surface area contributed by atoms with Gasteiger partial charge < -0.3 is 0 Å². The van der Waals surface area contributed by atoms with E-state index >= 15 is 0 Å². The van der Waals surface area contributed by atoms with Gasteiger partial charge in [-0.1, -0.05) is 0 Å². The number of rotatable bonds is 1. The van der Waals surface area contributed by atoms with E-state index in [4.69, 9.17) is 0 Å². The van der Waals surface area contributed by atoms with Crippen LogP contribution in [0.3, 0.4) is 0 Å². The minimum absolute atomic E-state index is 0.919. The molecule has 2 rings (SSSR count). The predicted molar refractivity (Wildman–Crippen MR) is 56.8 cm³/mol. The van der Waals surface area contributed by atoms with Crippen molar-refractivity contribution in [3.05, 3.63) is 34.7 Å². The Bertz CT molecular complexity index is 396. The zero-order chi connectivity index (χ0) is 9.42. The van der Waals surface area contributed by atoms with Crippen molar-refractivity contribution >= 4 is 17.4 Å². The predicted octanol–water partition coefficient (Wildman–Crippen LogP) is 2.85. The summed E-state index contributed by atoms with van der Waals surface area (Å²) in [6, 6.07) is 0. The molecule has 0 aromatic carbocycles. The van der Waals surface area contributed by atoms with Crippen LogP contribution in [0, 0.1) is 13.8 Å². The van der Waals surface area contributed by atoms with Crippen molar-refractivity contribution in [3.63, 3.8) is 0 Å². The molecule has 0 bridgehead atoms. The van der Waals surface area contributed by atoms with Crippen LogP contribution in [0.5, 0.6) is 0 Å². The van der Waals surface area contributed by atoms with Crippen LogP contribution in [0.2, 0.25) is 0 Å². The van der Waals surface area contributed by atoms with Crippen molar-refractivity contribution in [2.75, 3.05) is 0 Å². The SMILES string of the molecule is Cc1[c]([Ti])[pH]c(C2=CC=CC2)c1C. The fourth-order valence-electron chi connectivity index (χ4n) is 1.64. The minimum atomic E-state index is 0.919. The van der Waals surface area contributed by atoms with Crippen LogP contribution in [0.4, 0.5) is 0 Å². The number of hydrogen-bond acceptors (Lipinski definition) is 0. The molecule has 1 heterocycles. The molecular formula is C11H12PTi. The second-order valence-corrected chi connectivity index (χ2v) is 6.26. The van der Waals surface area contributed by atoms with Gasteiger partial charge >= 0.3 is 92.7 Å². The van der Waals surface area contributed by atoms with Gasteiger partial charge in [-0.25, -0.2) is 0 Å². The van der Waals surface area contributed by atoms with Gasteiger partial charge in [-0.05, 0) is 0 Å². The average molecular weight is 223 g/mol. The summed E-state index contributed by atoms with van der Waals surface area (Å²) in [5, 5.41) is 1.60. The third-order valence-corrected chi connectivity index (χ3v) is 5.40. The summed E-state index contributed by atoms with van der Waals surface area (Å²) in [6.07, 6.45) is 7.81. The maximum absolute atomic E-state index is 2.26. The van der Waals surface area contributed by atoms with E-state index in [1.165, 1.54) is 16.7 Å². The summed E-state index contributed by atoms with van der Waals surface area (Å²) in [5.74, 6) is 0. The van der Waals surface area contributed by atoms with E-state index in [0.29, 0.717) is 0 Å². The Morgan fingerprint density at radius 3 is 2.54 bits per heavy atom. The molecule has 65 valence electrons. The molecule has 1 unspecified atom stereocenters. The Kier molecular flexibility index (Phi) is 2.65. The molecule has 0 aliphatic heterocycles. The Labute approximate surface area is 92.6 Å². The molecule has 1 aromatic heterocycles. The first-order chi connectivity index (χ1) is 6.20. The fourth-order valence-corrected chi connectivity index (χ4v) is 3.87. The van der Waals surface area contributed by atoms with Gasteiger partial charge in [0.05, 0.1) is 0 Å². The molecule has 1 atom stereocenters. The van der Waals surface area contributed by atoms with Gasteiger partial charge in [-0.3, -0.25) is 0 Å². The molecule has 1 aliphatic carbocycles. The molecule has 0 N–H and O–H groups in total. The monoisotopic (exact) mass is 223 g/mol. The van der Waals surface area contributed by atoms with Crippen molar-refractivity contribution in [2.45, 2.75) is 20.3 Å². The van der Waals surface area contributed by atoms with Gasteiger partial charge in [0, 0.05) is 0 Å². The van der Waals surface area contributed by atoms with Crippen molar-refractivity contribution < 1.29 is 20.4 Å². The van der Waals surface area contributed by atoms with E-state index in [-0.39, 0.29) is 0 Å². The summed E-state index contributed by atoms with van der Waals surface area (Å²) >= 11 is 2.26. The van der Waals surface area contributed by atoms with Crippen LogP contribution in [0.25, 0.3) is 5.57 Å². The summed E-state index contributed by atoms with van der Waals surface area (Å²) in [4.78, 5) is 0. The fraction of sp³-hybridized carbons (Fsp3) is 0.273. The zero-order valence-corrected chi connectivity index (χ0v) is 10.5. The second kappa shape index (κ2) is 3.61. The van der Waals surface area contributed by atoms with Gasteiger partial charge in [0.25, 0.3) is 0 Å². The Hall–Kier alpha value is -0.0257. The molecule has 1 aliphatic rings. The van der Waals surface area contributed by atoms with Gasteiger partial charge in [-0.15, -0.1) is 0 Å². The molecule has 2 heteroatoms. The van der Waals surface area contributed by atoms with Crippen LogP contribution in [-0.2, 0) is 20.4 Å². The van der Waals surface area contributed by atoms with Crippen LogP contribution < -0.4 is 3.60 Å². The third-order valence-electron chi connectivity index (χ3n) is 2.65. The van der Waals surface area contributed by atoms with E-state index in [0.717, 1.165) is 14.6 Å². The van der Waals surface area contributed by atoms with E-state index < -0.39 is 0 Å². The molecule has 0 saturated heterocycles. The summed E-state index contributed by atoms with van der Waals surface area (Å²) < 4.78 is 1.57. The topological polar surface area (TPSA) is 0 Å². The molecule has 13 heavy (non-hydrogen) atoms. The molecule has 0 amide bonds. The molecule has 0 nitrogen and oxygen atoms in total. The molecule has 0 saturated carbocycles. The van der Waals surface area contributed by atoms with E-state index in [9.17, 15) is 0 Å². The maximum atomic E-state index is 2.26. The molecule has 0 fully saturated rings. The van der Waals surface area contributed by atoms with Crippen molar-refractivity contribution in [1.82, 2.24) is 0 Å². The Morgan fingerprint density at radius 1 is 1.31 bits per heavy atom. The summed E-state index contributed by atoms with van der Waals surface area (Å²) in [7, 11) is 0.919. The Morgan fingerprint density at radius 2 is 2.08 bits per heavy atom. The Balaban J connectivity index is 2.47. The first-order valence-corrected chi connectivity index (χ1v) is 6.25. The first-order valence-electron chi connectivity index (χ1n) is 4.47. The van der Waals surface area contributed by atoms with E-state index in [1.54, 1.807) is 8.90 Å². The van der Waals surface area contributed by atoms with E-state index in [1.807, 2.05) is 0 Å². The summed E-state index contributed by atoms with van der Waals surface area (Å²) in [6.45, 7) is 4.50. The van der Waals surface area contributed by atoms with Crippen molar-refractivity contribution in [1.29, 1.82) is 0 Å². The molecule has 0 radical (unpaired) electrons. The van der Waals surface area contributed by atoms with Crippen LogP contribution in [-0.4, -0.2) is 0 Å². The summed E-state index contributed by atoms with van der Waals surface area (Å²) in [5.41, 5.74) is 4.57.